The summed E-state index contributed by atoms with van der Waals surface area (Å²) in [6, 6.07) is 2.60. The molecule has 1 rings (SSSR count). The largest absolute Gasteiger partial charge is 0.481 e. The van der Waals surface area contributed by atoms with Crippen LogP contribution < -0.4 is 0 Å². The van der Waals surface area contributed by atoms with Crippen LogP contribution in [-0.2, 0) is 17.4 Å². The lowest BCUT2D eigenvalue weighted by Crippen LogP contribution is -2.07. The van der Waals surface area contributed by atoms with Gasteiger partial charge in [0.15, 0.2) is 0 Å². The fraction of sp³-hybridized carbons (Fsp3) is 0.222. The Bertz CT molecular complexity index is 387. The SMILES string of the molecule is O=C(O)Cc1cc(C(F)(F)F)ccc1Cl. The molecule has 0 fully saturated rings. The van der Waals surface area contributed by atoms with E-state index in [1.54, 1.807) is 0 Å². The van der Waals surface area contributed by atoms with Gasteiger partial charge in [-0.15, -0.1) is 0 Å². The highest BCUT2D eigenvalue weighted by Crippen LogP contribution is 2.31. The smallest absolute Gasteiger partial charge is 0.416 e. The van der Waals surface area contributed by atoms with E-state index < -0.39 is 24.1 Å². The molecule has 0 atom stereocenters. The van der Waals surface area contributed by atoms with Gasteiger partial charge in [-0.3, -0.25) is 4.79 Å². The Balaban J connectivity index is 3.11. The van der Waals surface area contributed by atoms with Crippen LogP contribution in [0.15, 0.2) is 18.2 Å². The fourth-order valence-electron chi connectivity index (χ4n) is 1.05. The molecule has 1 N–H and O–H groups in total. The van der Waals surface area contributed by atoms with Crippen LogP contribution in [0.4, 0.5) is 13.2 Å². The standard InChI is InChI=1S/C9H6ClF3O2/c10-7-2-1-6(9(11,12)13)3-5(7)4-8(14)15/h1-3H,4H2,(H,14,15). The van der Waals surface area contributed by atoms with E-state index in [9.17, 15) is 18.0 Å². The third kappa shape index (κ3) is 3.13. The number of hydrogen-bond donors (Lipinski definition) is 1. The molecule has 0 amide bonds. The number of rotatable bonds is 2. The lowest BCUT2D eigenvalue weighted by Gasteiger charge is -2.09. The molecule has 0 saturated heterocycles. The third-order valence-electron chi connectivity index (χ3n) is 1.71. The van der Waals surface area contributed by atoms with Gasteiger partial charge in [0.2, 0.25) is 0 Å². The summed E-state index contributed by atoms with van der Waals surface area (Å²) in [7, 11) is 0. The molecule has 82 valence electrons. The van der Waals surface area contributed by atoms with Crippen molar-refractivity contribution in [1.29, 1.82) is 0 Å². The lowest BCUT2D eigenvalue weighted by molar-refractivity contribution is -0.138. The second-order valence-electron chi connectivity index (χ2n) is 2.87. The molecular weight excluding hydrogens is 233 g/mol. The van der Waals surface area contributed by atoms with Crippen LogP contribution in [0.3, 0.4) is 0 Å². The maximum atomic E-state index is 12.2. The second kappa shape index (κ2) is 4.10. The predicted octanol–water partition coefficient (Wildman–Crippen LogP) is 2.99. The molecule has 0 radical (unpaired) electrons. The first-order valence-electron chi connectivity index (χ1n) is 3.88. The van der Waals surface area contributed by atoms with Gasteiger partial charge in [-0.25, -0.2) is 0 Å². The molecule has 2 nitrogen and oxygen atoms in total. The minimum Gasteiger partial charge on any atom is -0.481 e. The number of aliphatic carboxylic acids is 1. The van der Waals surface area contributed by atoms with Crippen molar-refractivity contribution in [1.82, 2.24) is 0 Å². The lowest BCUT2D eigenvalue weighted by atomic mass is 10.1. The number of hydrogen-bond acceptors (Lipinski definition) is 1. The molecule has 0 saturated carbocycles. The van der Waals surface area contributed by atoms with Crippen molar-refractivity contribution in [2.24, 2.45) is 0 Å². The van der Waals surface area contributed by atoms with E-state index in [1.807, 2.05) is 0 Å². The van der Waals surface area contributed by atoms with Crippen LogP contribution in [0.1, 0.15) is 11.1 Å². The highest BCUT2D eigenvalue weighted by Gasteiger charge is 2.30. The average molecular weight is 239 g/mol. The quantitative estimate of drug-likeness (QED) is 0.860. The normalized spacial score (nSPS) is 11.5. The number of alkyl halides is 3. The van der Waals surface area contributed by atoms with E-state index in [0.29, 0.717) is 0 Å². The van der Waals surface area contributed by atoms with E-state index >= 15 is 0 Å². The van der Waals surface area contributed by atoms with E-state index in [2.05, 4.69) is 0 Å². The van der Waals surface area contributed by atoms with Crippen molar-refractivity contribution in [2.75, 3.05) is 0 Å². The first kappa shape index (κ1) is 11.8. The van der Waals surface area contributed by atoms with Crippen molar-refractivity contribution >= 4 is 17.6 Å². The molecule has 1 aromatic rings. The van der Waals surface area contributed by atoms with Gasteiger partial charge in [-0.2, -0.15) is 13.2 Å². The highest BCUT2D eigenvalue weighted by atomic mass is 35.5. The zero-order chi connectivity index (χ0) is 11.6. The summed E-state index contributed by atoms with van der Waals surface area (Å²) < 4.78 is 36.7. The van der Waals surface area contributed by atoms with Crippen molar-refractivity contribution < 1.29 is 23.1 Å². The van der Waals surface area contributed by atoms with Gasteiger partial charge in [0.25, 0.3) is 0 Å². The van der Waals surface area contributed by atoms with Gasteiger partial charge in [-0.1, -0.05) is 11.6 Å². The summed E-state index contributed by atoms with van der Waals surface area (Å²) in [5.74, 6) is -1.23. The van der Waals surface area contributed by atoms with Crippen LogP contribution in [-0.4, -0.2) is 11.1 Å². The summed E-state index contributed by atoms with van der Waals surface area (Å²) in [6.45, 7) is 0. The molecule has 0 aliphatic carbocycles. The van der Waals surface area contributed by atoms with Crippen LogP contribution in [0.25, 0.3) is 0 Å². The van der Waals surface area contributed by atoms with Gasteiger partial charge in [0.05, 0.1) is 12.0 Å². The summed E-state index contributed by atoms with van der Waals surface area (Å²) in [5.41, 5.74) is -0.942. The van der Waals surface area contributed by atoms with Gasteiger partial charge in [0, 0.05) is 5.02 Å². The fourth-order valence-corrected chi connectivity index (χ4v) is 1.23. The molecule has 0 aromatic heterocycles. The summed E-state index contributed by atoms with van der Waals surface area (Å²) in [5, 5.41) is 8.46. The Labute approximate surface area is 88.3 Å². The van der Waals surface area contributed by atoms with Crippen molar-refractivity contribution in [3.05, 3.63) is 34.3 Å². The molecule has 0 aliphatic rings. The zero-order valence-electron chi connectivity index (χ0n) is 7.31. The van der Waals surface area contributed by atoms with E-state index in [1.165, 1.54) is 0 Å². The number of carbonyl (C=O) groups is 1. The van der Waals surface area contributed by atoms with Crippen molar-refractivity contribution in [3.63, 3.8) is 0 Å². The minimum absolute atomic E-state index is 0.0189. The van der Waals surface area contributed by atoms with Crippen molar-refractivity contribution in [3.8, 4) is 0 Å². The topological polar surface area (TPSA) is 37.3 Å². The maximum Gasteiger partial charge on any atom is 0.416 e. The monoisotopic (exact) mass is 238 g/mol. The maximum absolute atomic E-state index is 12.2. The number of carboxylic acid groups (broad SMARTS) is 1. The summed E-state index contributed by atoms with van der Waals surface area (Å²) in [6.07, 6.45) is -5.01. The molecule has 0 bridgehead atoms. The average Bonchev–Trinajstić information content (AvgIpc) is 2.06. The first-order valence-corrected chi connectivity index (χ1v) is 4.26. The van der Waals surface area contributed by atoms with Crippen LogP contribution in [0, 0.1) is 0 Å². The van der Waals surface area contributed by atoms with E-state index in [-0.39, 0.29) is 10.6 Å². The van der Waals surface area contributed by atoms with Gasteiger partial charge < -0.3 is 5.11 Å². The molecule has 6 heteroatoms. The number of halogens is 4. The molecule has 0 unspecified atom stereocenters. The third-order valence-corrected chi connectivity index (χ3v) is 2.08. The first-order chi connectivity index (χ1) is 6.80. The molecule has 0 spiro atoms. The highest BCUT2D eigenvalue weighted by molar-refractivity contribution is 6.31. The molecular formula is C9H6ClF3O2. The Morgan fingerprint density at radius 2 is 2.00 bits per heavy atom. The van der Waals surface area contributed by atoms with E-state index in [4.69, 9.17) is 16.7 Å². The Kier molecular flexibility index (Phi) is 3.24. The Morgan fingerprint density at radius 3 is 2.47 bits per heavy atom. The number of benzene rings is 1. The van der Waals surface area contributed by atoms with Crippen LogP contribution in [0.5, 0.6) is 0 Å². The van der Waals surface area contributed by atoms with Gasteiger partial charge in [0.1, 0.15) is 0 Å². The van der Waals surface area contributed by atoms with Crippen LogP contribution >= 0.6 is 11.6 Å². The molecule has 1 aromatic carbocycles. The molecule has 0 aliphatic heterocycles. The molecule has 15 heavy (non-hydrogen) atoms. The van der Waals surface area contributed by atoms with Crippen molar-refractivity contribution in [2.45, 2.75) is 12.6 Å². The van der Waals surface area contributed by atoms with Crippen LogP contribution in [0.2, 0.25) is 5.02 Å². The van der Waals surface area contributed by atoms with Gasteiger partial charge >= 0.3 is 12.1 Å². The number of carboxylic acids is 1. The van der Waals surface area contributed by atoms with E-state index in [0.717, 1.165) is 18.2 Å². The second-order valence-corrected chi connectivity index (χ2v) is 3.28. The van der Waals surface area contributed by atoms with Gasteiger partial charge in [-0.05, 0) is 23.8 Å². The Morgan fingerprint density at radius 1 is 1.40 bits per heavy atom. The Hall–Kier alpha value is -1.23. The minimum atomic E-state index is -4.49. The zero-order valence-corrected chi connectivity index (χ0v) is 8.06. The molecule has 0 heterocycles. The summed E-state index contributed by atoms with van der Waals surface area (Å²) in [4.78, 5) is 10.3. The summed E-state index contributed by atoms with van der Waals surface area (Å²) >= 11 is 5.56. The predicted molar refractivity (Wildman–Crippen MR) is 47.8 cm³/mol.